The van der Waals surface area contributed by atoms with Crippen molar-refractivity contribution < 1.29 is 27.2 Å². The maximum atomic E-state index is 13.5. The first-order chi connectivity index (χ1) is 15.9. The zero-order chi connectivity index (χ0) is 23.0. The summed E-state index contributed by atoms with van der Waals surface area (Å²) < 4.78 is 40.9. The molecule has 5 rings (SSSR count). The van der Waals surface area contributed by atoms with Gasteiger partial charge in [-0.3, -0.25) is 4.79 Å². The lowest BCUT2D eigenvalue weighted by Gasteiger charge is -2.27. The van der Waals surface area contributed by atoms with Gasteiger partial charge in [0.05, 0.1) is 11.5 Å². The van der Waals surface area contributed by atoms with Gasteiger partial charge in [0.2, 0.25) is 0 Å². The Kier molecular flexibility index (Phi) is 5.57. The van der Waals surface area contributed by atoms with Gasteiger partial charge < -0.3 is 18.9 Å². The minimum absolute atomic E-state index is 0.0442. The van der Waals surface area contributed by atoms with Crippen molar-refractivity contribution in [1.82, 2.24) is 10.1 Å². The molecule has 1 fully saturated rings. The van der Waals surface area contributed by atoms with Crippen LogP contribution in [0.5, 0.6) is 11.5 Å². The van der Waals surface area contributed by atoms with E-state index in [1.165, 1.54) is 0 Å². The Morgan fingerprint density at radius 2 is 1.82 bits per heavy atom. The maximum Gasteiger partial charge on any atom is 0.276 e. The van der Waals surface area contributed by atoms with Crippen LogP contribution in [0.25, 0.3) is 11.3 Å². The predicted molar refractivity (Wildman–Crippen MR) is 121 cm³/mol. The molecule has 2 aromatic carbocycles. The highest BCUT2D eigenvalue weighted by Crippen LogP contribution is 2.35. The molecule has 1 amide bonds. The Hall–Kier alpha value is -3.33. The summed E-state index contributed by atoms with van der Waals surface area (Å²) in [7, 11) is -3.17. The van der Waals surface area contributed by atoms with E-state index in [0.717, 1.165) is 11.1 Å². The third-order valence-electron chi connectivity index (χ3n) is 5.94. The molecule has 33 heavy (non-hydrogen) atoms. The van der Waals surface area contributed by atoms with Crippen LogP contribution in [0.2, 0.25) is 0 Å². The first-order valence-corrected chi connectivity index (χ1v) is 12.6. The Balaban J connectivity index is 1.42. The van der Waals surface area contributed by atoms with Crippen molar-refractivity contribution in [1.29, 1.82) is 0 Å². The second kappa shape index (κ2) is 8.55. The molecule has 0 N–H and O–H groups in total. The quantitative estimate of drug-likeness (QED) is 0.567. The van der Waals surface area contributed by atoms with Gasteiger partial charge in [-0.1, -0.05) is 35.0 Å². The molecular weight excluding hydrogens is 444 g/mol. The van der Waals surface area contributed by atoms with Crippen molar-refractivity contribution in [2.75, 3.05) is 24.7 Å². The maximum absolute atomic E-state index is 13.5. The number of benzene rings is 2. The van der Waals surface area contributed by atoms with E-state index < -0.39 is 15.9 Å². The normalized spacial score (nSPS) is 18.8. The van der Waals surface area contributed by atoms with E-state index in [9.17, 15) is 13.2 Å². The van der Waals surface area contributed by atoms with E-state index in [-0.39, 0.29) is 23.1 Å². The molecule has 2 aliphatic rings. The van der Waals surface area contributed by atoms with E-state index in [4.69, 9.17) is 14.0 Å². The Labute approximate surface area is 192 Å². The molecule has 2 aliphatic heterocycles. The average molecular weight is 469 g/mol. The van der Waals surface area contributed by atoms with Gasteiger partial charge in [-0.2, -0.15) is 0 Å². The summed E-state index contributed by atoms with van der Waals surface area (Å²) in [5, 5.41) is 4.00. The molecule has 1 saturated heterocycles. The summed E-state index contributed by atoms with van der Waals surface area (Å²) in [6, 6.07) is 14.4. The number of ether oxygens (including phenoxy) is 2. The third kappa shape index (κ3) is 4.59. The number of amides is 1. The number of carbonyl (C=O) groups is 1. The second-order valence-electron chi connectivity index (χ2n) is 8.41. The Morgan fingerprint density at radius 1 is 1.06 bits per heavy atom. The molecule has 9 heteroatoms. The minimum atomic E-state index is -3.17. The topological polar surface area (TPSA) is 98.9 Å². The molecule has 0 spiro atoms. The van der Waals surface area contributed by atoms with Crippen molar-refractivity contribution in [3.8, 4) is 22.8 Å². The van der Waals surface area contributed by atoms with Crippen molar-refractivity contribution in [3.05, 3.63) is 65.4 Å². The summed E-state index contributed by atoms with van der Waals surface area (Å²) in [5.41, 5.74) is 2.88. The van der Waals surface area contributed by atoms with Gasteiger partial charge in [0.1, 0.15) is 13.2 Å². The smallest absolute Gasteiger partial charge is 0.276 e. The minimum Gasteiger partial charge on any atom is -0.486 e. The van der Waals surface area contributed by atoms with Crippen LogP contribution in [-0.4, -0.2) is 55.1 Å². The number of nitrogens with zero attached hydrogens (tertiary/aromatic N) is 2. The fourth-order valence-corrected chi connectivity index (χ4v) is 5.86. The number of fused-ring (bicyclic) bond motifs is 1. The van der Waals surface area contributed by atoms with Crippen LogP contribution in [0.4, 0.5) is 0 Å². The second-order valence-corrected chi connectivity index (χ2v) is 10.6. The number of hydrogen-bond acceptors (Lipinski definition) is 7. The summed E-state index contributed by atoms with van der Waals surface area (Å²) in [5.74, 6) is 1.37. The van der Waals surface area contributed by atoms with Crippen LogP contribution in [-0.2, 0) is 16.4 Å². The van der Waals surface area contributed by atoms with Gasteiger partial charge >= 0.3 is 0 Å². The molecule has 0 unspecified atom stereocenters. The van der Waals surface area contributed by atoms with E-state index in [1.54, 1.807) is 23.1 Å². The molecule has 0 saturated carbocycles. The summed E-state index contributed by atoms with van der Waals surface area (Å²) in [6.45, 7) is 3.26. The molecule has 3 aromatic rings. The lowest BCUT2D eigenvalue weighted by atomic mass is 10.1. The van der Waals surface area contributed by atoms with Crippen LogP contribution in [0.15, 0.2) is 53.1 Å². The van der Waals surface area contributed by atoms with Crippen molar-refractivity contribution in [2.24, 2.45) is 0 Å². The zero-order valence-corrected chi connectivity index (χ0v) is 19.0. The van der Waals surface area contributed by atoms with Gasteiger partial charge in [0, 0.05) is 24.2 Å². The Morgan fingerprint density at radius 3 is 2.55 bits per heavy atom. The molecule has 1 aromatic heterocycles. The lowest BCUT2D eigenvalue weighted by Crippen LogP contribution is -2.40. The number of sulfone groups is 1. The summed E-state index contributed by atoms with van der Waals surface area (Å²) in [4.78, 5) is 15.1. The van der Waals surface area contributed by atoms with Gasteiger partial charge in [-0.25, -0.2) is 8.42 Å². The van der Waals surface area contributed by atoms with Crippen molar-refractivity contribution in [3.63, 3.8) is 0 Å². The molecule has 3 heterocycles. The van der Waals surface area contributed by atoms with Crippen molar-refractivity contribution in [2.45, 2.75) is 25.9 Å². The van der Waals surface area contributed by atoms with Crippen LogP contribution in [0.3, 0.4) is 0 Å². The summed E-state index contributed by atoms with van der Waals surface area (Å²) in [6.07, 6.45) is 0.410. The van der Waals surface area contributed by atoms with Crippen molar-refractivity contribution >= 4 is 15.7 Å². The molecule has 0 radical (unpaired) electrons. The highest BCUT2D eigenvalue weighted by molar-refractivity contribution is 7.91. The highest BCUT2D eigenvalue weighted by Gasteiger charge is 2.36. The molecular formula is C24H24N2O6S. The number of aromatic nitrogens is 1. The van der Waals surface area contributed by atoms with E-state index in [2.05, 4.69) is 5.16 Å². The standard InChI is InChI=1S/C24H24N2O6S/c1-16-2-4-17(5-3-16)14-26(19-8-11-33(28,29)15-19)24(27)20-13-22(32-25-20)18-6-7-21-23(12-18)31-10-9-30-21/h2-7,12-13,19H,8-11,14-15H2,1H3/t19-/m0/s1. The number of carbonyl (C=O) groups excluding carboxylic acids is 1. The molecule has 172 valence electrons. The third-order valence-corrected chi connectivity index (χ3v) is 7.69. The zero-order valence-electron chi connectivity index (χ0n) is 18.2. The molecule has 0 bridgehead atoms. The largest absolute Gasteiger partial charge is 0.486 e. The number of aryl methyl sites for hydroxylation is 1. The van der Waals surface area contributed by atoms with Crippen LogP contribution in [0.1, 0.15) is 28.0 Å². The van der Waals surface area contributed by atoms with Crippen LogP contribution < -0.4 is 9.47 Å². The van der Waals surface area contributed by atoms with Gasteiger partial charge in [-0.15, -0.1) is 0 Å². The fourth-order valence-electron chi connectivity index (χ4n) is 4.13. The molecule has 1 atom stereocenters. The van der Waals surface area contributed by atoms with E-state index in [1.807, 2.05) is 37.3 Å². The van der Waals surface area contributed by atoms with Crippen LogP contribution in [0, 0.1) is 6.92 Å². The van der Waals surface area contributed by atoms with Gasteiger partial charge in [0.15, 0.2) is 32.8 Å². The van der Waals surface area contributed by atoms with Gasteiger partial charge in [-0.05, 0) is 37.1 Å². The lowest BCUT2D eigenvalue weighted by molar-refractivity contribution is 0.0670. The molecule has 8 nitrogen and oxygen atoms in total. The number of rotatable bonds is 5. The first kappa shape index (κ1) is 21.5. The highest BCUT2D eigenvalue weighted by atomic mass is 32.2. The average Bonchev–Trinajstić information content (AvgIpc) is 3.44. The van der Waals surface area contributed by atoms with Crippen LogP contribution >= 0.6 is 0 Å². The SMILES string of the molecule is Cc1ccc(CN(C(=O)c2cc(-c3ccc4c(c3)OCCO4)on2)[C@H]2CCS(=O)(=O)C2)cc1. The first-order valence-electron chi connectivity index (χ1n) is 10.8. The predicted octanol–water partition coefficient (Wildman–Crippen LogP) is 3.25. The van der Waals surface area contributed by atoms with E-state index >= 15 is 0 Å². The fraction of sp³-hybridized carbons (Fsp3) is 0.333. The monoisotopic (exact) mass is 468 g/mol. The summed E-state index contributed by atoms with van der Waals surface area (Å²) >= 11 is 0. The Bertz CT molecular complexity index is 1280. The number of hydrogen-bond donors (Lipinski definition) is 0. The van der Waals surface area contributed by atoms with E-state index in [0.29, 0.717) is 49.0 Å². The molecule has 0 aliphatic carbocycles. The van der Waals surface area contributed by atoms with Gasteiger partial charge in [0.25, 0.3) is 5.91 Å².